The highest BCUT2D eigenvalue weighted by Crippen LogP contribution is 2.32. The maximum Gasteiger partial charge on any atom is 0.264 e. The van der Waals surface area contributed by atoms with E-state index in [2.05, 4.69) is 5.32 Å². The first kappa shape index (κ1) is 34.0. The van der Waals surface area contributed by atoms with Gasteiger partial charge < -0.3 is 19.7 Å². The number of ether oxygens (including phenoxy) is 2. The van der Waals surface area contributed by atoms with Crippen LogP contribution in [0.3, 0.4) is 0 Å². The molecule has 0 spiro atoms. The summed E-state index contributed by atoms with van der Waals surface area (Å²) >= 11 is 12.4. The molecular formula is C31H37Cl2N3O6S. The first-order valence-corrected chi connectivity index (χ1v) is 15.9. The van der Waals surface area contributed by atoms with Crippen LogP contribution in [0.5, 0.6) is 11.5 Å². The number of hydrogen-bond acceptors (Lipinski definition) is 6. The number of carbonyl (C=O) groups excluding carboxylic acids is 2. The largest absolute Gasteiger partial charge is 0.493 e. The molecule has 0 fully saturated rings. The minimum Gasteiger partial charge on any atom is -0.493 e. The summed E-state index contributed by atoms with van der Waals surface area (Å²) in [5.74, 6) is -0.142. The molecule has 232 valence electrons. The van der Waals surface area contributed by atoms with Gasteiger partial charge >= 0.3 is 0 Å². The summed E-state index contributed by atoms with van der Waals surface area (Å²) in [6, 6.07) is 16.6. The Bertz CT molecular complexity index is 1520. The van der Waals surface area contributed by atoms with Crippen LogP contribution in [-0.2, 0) is 26.2 Å². The van der Waals surface area contributed by atoms with E-state index in [1.54, 1.807) is 55.5 Å². The van der Waals surface area contributed by atoms with Gasteiger partial charge in [-0.1, -0.05) is 68.2 Å². The Balaban J connectivity index is 2.07. The third-order valence-electron chi connectivity index (χ3n) is 6.67. The van der Waals surface area contributed by atoms with E-state index in [-0.39, 0.29) is 34.7 Å². The SMILES string of the molecule is CCC(C(=O)NCC(C)C)N(Cc1ccc(Cl)c(Cl)c1)C(=O)CN(c1ccccc1)S(=O)(=O)c1ccc(OC)c(OC)c1. The molecule has 0 aromatic heterocycles. The maximum absolute atomic E-state index is 14.2. The number of amides is 2. The number of nitrogens with zero attached hydrogens (tertiary/aromatic N) is 2. The predicted molar refractivity (Wildman–Crippen MR) is 169 cm³/mol. The van der Waals surface area contributed by atoms with Gasteiger partial charge in [0.15, 0.2) is 11.5 Å². The second-order valence-electron chi connectivity index (χ2n) is 10.2. The van der Waals surface area contributed by atoms with E-state index in [4.69, 9.17) is 32.7 Å². The molecule has 1 N–H and O–H groups in total. The first-order valence-electron chi connectivity index (χ1n) is 13.7. The highest BCUT2D eigenvalue weighted by atomic mass is 35.5. The van der Waals surface area contributed by atoms with E-state index in [9.17, 15) is 18.0 Å². The Morgan fingerprint density at radius 1 is 0.907 bits per heavy atom. The Labute approximate surface area is 263 Å². The van der Waals surface area contributed by atoms with Gasteiger partial charge in [-0.3, -0.25) is 13.9 Å². The predicted octanol–water partition coefficient (Wildman–Crippen LogP) is 5.79. The number of nitrogens with one attached hydrogen (secondary N) is 1. The van der Waals surface area contributed by atoms with Crippen LogP contribution >= 0.6 is 23.2 Å². The third kappa shape index (κ3) is 8.55. The zero-order chi connectivity index (χ0) is 31.7. The second kappa shape index (κ2) is 15.3. The molecule has 0 aliphatic carbocycles. The molecule has 0 heterocycles. The van der Waals surface area contributed by atoms with E-state index in [1.165, 1.54) is 37.3 Å². The topological polar surface area (TPSA) is 105 Å². The molecule has 3 aromatic carbocycles. The van der Waals surface area contributed by atoms with Gasteiger partial charge in [-0.05, 0) is 54.3 Å². The van der Waals surface area contributed by atoms with Crippen LogP contribution in [-0.4, -0.2) is 58.5 Å². The standard InChI is InChI=1S/C31H37Cl2N3O6S/c1-6-27(31(38)34-18-21(2)3)35(19-22-12-14-25(32)26(33)16-22)30(37)20-36(23-10-8-7-9-11-23)43(39,40)24-13-15-28(41-4)29(17-24)42-5/h7-17,21,27H,6,18-20H2,1-5H3,(H,34,38). The molecule has 1 unspecified atom stereocenters. The Morgan fingerprint density at radius 3 is 2.16 bits per heavy atom. The van der Waals surface area contributed by atoms with Crippen molar-refractivity contribution < 1.29 is 27.5 Å². The van der Waals surface area contributed by atoms with Crippen molar-refractivity contribution in [2.45, 2.75) is 44.7 Å². The summed E-state index contributed by atoms with van der Waals surface area (Å²) < 4.78 is 39.8. The maximum atomic E-state index is 14.2. The lowest BCUT2D eigenvalue weighted by Gasteiger charge is -2.33. The van der Waals surface area contributed by atoms with E-state index < -0.39 is 28.5 Å². The van der Waals surface area contributed by atoms with Crippen molar-refractivity contribution in [2.75, 3.05) is 31.6 Å². The van der Waals surface area contributed by atoms with Crippen molar-refractivity contribution in [2.24, 2.45) is 5.92 Å². The van der Waals surface area contributed by atoms with Crippen molar-refractivity contribution in [3.8, 4) is 11.5 Å². The van der Waals surface area contributed by atoms with Gasteiger partial charge in [-0.15, -0.1) is 0 Å². The summed E-state index contributed by atoms with van der Waals surface area (Å²) in [5, 5.41) is 3.55. The summed E-state index contributed by atoms with van der Waals surface area (Å²) in [4.78, 5) is 28.8. The zero-order valence-electron chi connectivity index (χ0n) is 24.8. The fourth-order valence-electron chi connectivity index (χ4n) is 4.40. The van der Waals surface area contributed by atoms with Crippen LogP contribution in [0.2, 0.25) is 10.0 Å². The fraction of sp³-hybridized carbons (Fsp3) is 0.355. The van der Waals surface area contributed by atoms with Crippen LogP contribution in [0, 0.1) is 5.92 Å². The molecule has 0 bridgehead atoms. The number of carbonyl (C=O) groups is 2. The Hall–Kier alpha value is -3.47. The first-order chi connectivity index (χ1) is 20.4. The monoisotopic (exact) mass is 649 g/mol. The van der Waals surface area contributed by atoms with Crippen LogP contribution < -0.4 is 19.1 Å². The summed E-state index contributed by atoms with van der Waals surface area (Å²) in [7, 11) is -1.43. The molecule has 0 aliphatic heterocycles. The molecule has 3 rings (SSSR count). The lowest BCUT2D eigenvalue weighted by atomic mass is 10.1. The lowest BCUT2D eigenvalue weighted by Crippen LogP contribution is -2.52. The number of anilines is 1. The van der Waals surface area contributed by atoms with Crippen molar-refractivity contribution in [1.29, 1.82) is 0 Å². The summed E-state index contributed by atoms with van der Waals surface area (Å²) in [5.41, 5.74) is 0.907. The van der Waals surface area contributed by atoms with Crippen molar-refractivity contribution in [1.82, 2.24) is 10.2 Å². The molecule has 9 nitrogen and oxygen atoms in total. The number of methoxy groups -OCH3 is 2. The molecule has 0 radical (unpaired) electrons. The molecule has 1 atom stereocenters. The number of rotatable bonds is 14. The van der Waals surface area contributed by atoms with E-state index in [0.717, 1.165) is 4.31 Å². The second-order valence-corrected chi connectivity index (χ2v) is 12.9. The molecule has 43 heavy (non-hydrogen) atoms. The molecule has 3 aromatic rings. The van der Waals surface area contributed by atoms with Crippen molar-refractivity contribution in [3.63, 3.8) is 0 Å². The van der Waals surface area contributed by atoms with Crippen LogP contribution in [0.4, 0.5) is 5.69 Å². The van der Waals surface area contributed by atoms with E-state index in [1.807, 2.05) is 13.8 Å². The van der Waals surface area contributed by atoms with Gasteiger partial charge in [0.05, 0.1) is 34.8 Å². The van der Waals surface area contributed by atoms with Crippen LogP contribution in [0.15, 0.2) is 71.6 Å². The highest BCUT2D eigenvalue weighted by Gasteiger charge is 2.34. The molecule has 0 saturated heterocycles. The Morgan fingerprint density at radius 2 is 1.58 bits per heavy atom. The number of para-hydroxylation sites is 1. The molecule has 2 amide bonds. The molecular weight excluding hydrogens is 613 g/mol. The van der Waals surface area contributed by atoms with Gasteiger partial charge in [0, 0.05) is 19.2 Å². The number of hydrogen-bond donors (Lipinski definition) is 1. The minimum atomic E-state index is -4.29. The van der Waals surface area contributed by atoms with Gasteiger partial charge in [-0.2, -0.15) is 0 Å². The van der Waals surface area contributed by atoms with E-state index in [0.29, 0.717) is 34.3 Å². The molecule has 0 saturated carbocycles. The summed E-state index contributed by atoms with van der Waals surface area (Å²) in [6.45, 7) is 5.59. The average Bonchev–Trinajstić information content (AvgIpc) is 3.00. The van der Waals surface area contributed by atoms with Gasteiger partial charge in [0.25, 0.3) is 10.0 Å². The van der Waals surface area contributed by atoms with E-state index >= 15 is 0 Å². The van der Waals surface area contributed by atoms with Crippen molar-refractivity contribution >= 4 is 50.7 Å². The minimum absolute atomic E-state index is 0.00234. The number of halogens is 2. The number of sulfonamides is 1. The van der Waals surface area contributed by atoms with Gasteiger partial charge in [0.2, 0.25) is 11.8 Å². The lowest BCUT2D eigenvalue weighted by molar-refractivity contribution is -0.140. The van der Waals surface area contributed by atoms with Gasteiger partial charge in [0.1, 0.15) is 12.6 Å². The van der Waals surface area contributed by atoms with Crippen LogP contribution in [0.1, 0.15) is 32.8 Å². The fourth-order valence-corrected chi connectivity index (χ4v) is 6.15. The zero-order valence-corrected chi connectivity index (χ0v) is 27.2. The third-order valence-corrected chi connectivity index (χ3v) is 9.18. The highest BCUT2D eigenvalue weighted by molar-refractivity contribution is 7.92. The smallest absolute Gasteiger partial charge is 0.264 e. The van der Waals surface area contributed by atoms with Gasteiger partial charge in [-0.25, -0.2) is 8.42 Å². The average molecular weight is 651 g/mol. The molecule has 12 heteroatoms. The summed E-state index contributed by atoms with van der Waals surface area (Å²) in [6.07, 6.45) is 0.296. The van der Waals surface area contributed by atoms with Crippen LogP contribution in [0.25, 0.3) is 0 Å². The van der Waals surface area contributed by atoms with Crippen molar-refractivity contribution in [3.05, 3.63) is 82.3 Å². The quantitative estimate of drug-likeness (QED) is 0.237. The Kier molecular flexibility index (Phi) is 12.1. The normalized spacial score (nSPS) is 12.0. The molecule has 0 aliphatic rings. The number of benzene rings is 3.